The number of methoxy groups -OCH3 is 1. The molecule has 0 bridgehead atoms. The molecule has 30 heavy (non-hydrogen) atoms. The van der Waals surface area contributed by atoms with E-state index in [1.165, 1.54) is 32.2 Å². The van der Waals surface area contributed by atoms with Gasteiger partial charge < -0.3 is 15.4 Å². The molecule has 0 saturated heterocycles. The van der Waals surface area contributed by atoms with Crippen LogP contribution in [-0.2, 0) is 32.0 Å². The second-order valence-corrected chi connectivity index (χ2v) is 7.90. The zero-order chi connectivity index (χ0) is 22.3. The molecule has 0 unspecified atom stereocenters. The van der Waals surface area contributed by atoms with Gasteiger partial charge in [-0.2, -0.15) is 0 Å². The molecule has 0 fully saturated rings. The first-order valence-corrected chi connectivity index (χ1v) is 10.2. The highest BCUT2D eigenvalue weighted by atomic mass is 79.9. The van der Waals surface area contributed by atoms with Gasteiger partial charge in [0.05, 0.1) is 7.11 Å². The molecule has 0 aliphatic rings. The summed E-state index contributed by atoms with van der Waals surface area (Å²) in [5.74, 6) is -2.13. The Morgan fingerprint density at radius 1 is 1.10 bits per heavy atom. The highest BCUT2D eigenvalue weighted by Crippen LogP contribution is 2.22. The molecule has 0 aromatic heterocycles. The summed E-state index contributed by atoms with van der Waals surface area (Å²) in [6, 6.07) is 8.81. The minimum Gasteiger partial charge on any atom is -0.467 e. The third-order valence-electron chi connectivity index (χ3n) is 4.26. The molecular weight excluding hydrogens is 479 g/mol. The number of carbonyl (C=O) groups is 3. The first-order valence-electron chi connectivity index (χ1n) is 9.03. The smallest absolute Gasteiger partial charge is 0.328 e. The van der Waals surface area contributed by atoms with Gasteiger partial charge in [-0.3, -0.25) is 9.59 Å². The number of carbonyl (C=O) groups excluding carboxylic acids is 3. The summed E-state index contributed by atoms with van der Waals surface area (Å²) in [4.78, 5) is 36.7. The monoisotopic (exact) mass is 498 g/mol. The van der Waals surface area contributed by atoms with Crippen LogP contribution in [0.2, 0.25) is 5.02 Å². The fraction of sp³-hybridized carbons (Fsp3) is 0.286. The normalized spacial score (nSPS) is 12.6. The molecule has 0 spiro atoms. The van der Waals surface area contributed by atoms with Crippen LogP contribution in [0.4, 0.5) is 4.39 Å². The van der Waals surface area contributed by atoms with Crippen LogP contribution in [0, 0.1) is 5.82 Å². The lowest BCUT2D eigenvalue weighted by atomic mass is 10.0. The second-order valence-electron chi connectivity index (χ2n) is 6.61. The van der Waals surface area contributed by atoms with E-state index in [2.05, 4.69) is 26.6 Å². The van der Waals surface area contributed by atoms with E-state index in [0.717, 1.165) is 0 Å². The van der Waals surface area contributed by atoms with Crippen LogP contribution in [0.5, 0.6) is 0 Å². The molecule has 2 N–H and O–H groups in total. The fourth-order valence-electron chi connectivity index (χ4n) is 2.88. The molecular formula is C21H21BrClFN2O4. The van der Waals surface area contributed by atoms with Gasteiger partial charge in [-0.05, 0) is 41.5 Å². The predicted octanol–water partition coefficient (Wildman–Crippen LogP) is 3.19. The van der Waals surface area contributed by atoms with E-state index < -0.39 is 35.7 Å². The Morgan fingerprint density at radius 3 is 2.47 bits per heavy atom. The number of nitrogens with one attached hydrogen (secondary N) is 2. The van der Waals surface area contributed by atoms with Gasteiger partial charge in [0.25, 0.3) is 0 Å². The summed E-state index contributed by atoms with van der Waals surface area (Å²) in [5, 5.41) is 5.63. The van der Waals surface area contributed by atoms with E-state index in [1.807, 2.05) is 0 Å². The molecule has 9 heteroatoms. The standard InChI is InChI=1S/C21H21BrClFN2O4/c1-12(27)25-18(9-13-4-3-5-16(24)8-13)20(28)26-19(21(29)30-2)11-14-10-15(23)6-7-17(14)22/h3-8,10,18-19H,9,11H2,1-2H3,(H,25,27)(H,26,28)/t18-,19-/m1/s1. The largest absolute Gasteiger partial charge is 0.467 e. The van der Waals surface area contributed by atoms with Crippen molar-refractivity contribution in [3.8, 4) is 0 Å². The summed E-state index contributed by atoms with van der Waals surface area (Å²) < 4.78 is 19.0. The van der Waals surface area contributed by atoms with Gasteiger partial charge in [-0.1, -0.05) is 39.7 Å². The van der Waals surface area contributed by atoms with Gasteiger partial charge in [-0.25, -0.2) is 9.18 Å². The summed E-state index contributed by atoms with van der Waals surface area (Å²) in [7, 11) is 1.21. The number of esters is 1. The highest BCUT2D eigenvalue weighted by Gasteiger charge is 2.28. The Bertz CT molecular complexity index is 941. The van der Waals surface area contributed by atoms with Crippen molar-refractivity contribution in [3.63, 3.8) is 0 Å². The number of hydrogen-bond donors (Lipinski definition) is 2. The lowest BCUT2D eigenvalue weighted by Crippen LogP contribution is -2.53. The van der Waals surface area contributed by atoms with Crippen LogP contribution in [0.3, 0.4) is 0 Å². The number of hydrogen-bond acceptors (Lipinski definition) is 4. The van der Waals surface area contributed by atoms with Crippen LogP contribution in [-0.4, -0.2) is 37.0 Å². The number of amides is 2. The molecule has 2 rings (SSSR count). The average molecular weight is 500 g/mol. The van der Waals surface area contributed by atoms with Crippen LogP contribution in [0.25, 0.3) is 0 Å². The van der Waals surface area contributed by atoms with E-state index in [9.17, 15) is 18.8 Å². The third kappa shape index (κ3) is 7.11. The molecule has 0 aliphatic carbocycles. The van der Waals surface area contributed by atoms with Gasteiger partial charge in [0.2, 0.25) is 11.8 Å². The summed E-state index contributed by atoms with van der Waals surface area (Å²) >= 11 is 9.42. The average Bonchev–Trinajstić information content (AvgIpc) is 2.68. The molecule has 0 saturated carbocycles. The van der Waals surface area contributed by atoms with Crippen LogP contribution in [0.15, 0.2) is 46.9 Å². The molecule has 2 amide bonds. The van der Waals surface area contributed by atoms with Crippen molar-refractivity contribution in [3.05, 3.63) is 68.9 Å². The molecule has 6 nitrogen and oxygen atoms in total. The quantitative estimate of drug-likeness (QED) is 0.547. The van der Waals surface area contributed by atoms with Crippen molar-refractivity contribution in [1.29, 1.82) is 0 Å². The Hall–Kier alpha value is -2.45. The summed E-state index contributed by atoms with van der Waals surface area (Å²) in [6.45, 7) is 1.27. The maximum atomic E-state index is 13.5. The van der Waals surface area contributed by atoms with Crippen LogP contribution < -0.4 is 10.6 Å². The molecule has 2 aromatic carbocycles. The van der Waals surface area contributed by atoms with Crippen LogP contribution in [0.1, 0.15) is 18.1 Å². The Labute approximate surface area is 187 Å². The fourth-order valence-corrected chi connectivity index (χ4v) is 3.48. The summed E-state index contributed by atoms with van der Waals surface area (Å²) in [5.41, 5.74) is 1.22. The zero-order valence-corrected chi connectivity index (χ0v) is 18.7. The molecule has 2 aromatic rings. The van der Waals surface area contributed by atoms with Gasteiger partial charge in [-0.15, -0.1) is 0 Å². The molecule has 2 atom stereocenters. The highest BCUT2D eigenvalue weighted by molar-refractivity contribution is 9.10. The number of halogens is 3. The van der Waals surface area contributed by atoms with Gasteiger partial charge >= 0.3 is 5.97 Å². The molecule has 0 heterocycles. The second kappa shape index (κ2) is 11.1. The maximum Gasteiger partial charge on any atom is 0.328 e. The number of rotatable bonds is 8. The third-order valence-corrected chi connectivity index (χ3v) is 5.27. The minimum atomic E-state index is -1.01. The lowest BCUT2D eigenvalue weighted by Gasteiger charge is -2.22. The molecule has 0 aliphatic heterocycles. The van der Waals surface area contributed by atoms with Crippen molar-refractivity contribution in [1.82, 2.24) is 10.6 Å². The van der Waals surface area contributed by atoms with Crippen molar-refractivity contribution >= 4 is 45.3 Å². The molecule has 0 radical (unpaired) electrons. The van der Waals surface area contributed by atoms with E-state index in [1.54, 1.807) is 24.3 Å². The van der Waals surface area contributed by atoms with Crippen molar-refractivity contribution in [2.24, 2.45) is 0 Å². The van der Waals surface area contributed by atoms with Crippen LogP contribution >= 0.6 is 27.5 Å². The first-order chi connectivity index (χ1) is 14.2. The lowest BCUT2D eigenvalue weighted by molar-refractivity contribution is -0.145. The zero-order valence-electron chi connectivity index (χ0n) is 16.4. The van der Waals surface area contributed by atoms with Gasteiger partial charge in [0.15, 0.2) is 0 Å². The van der Waals surface area contributed by atoms with E-state index in [-0.39, 0.29) is 12.8 Å². The topological polar surface area (TPSA) is 84.5 Å². The van der Waals surface area contributed by atoms with Crippen molar-refractivity contribution in [2.45, 2.75) is 31.8 Å². The number of ether oxygens (including phenoxy) is 1. The van der Waals surface area contributed by atoms with Gasteiger partial charge in [0, 0.05) is 29.3 Å². The van der Waals surface area contributed by atoms with Gasteiger partial charge in [0.1, 0.15) is 17.9 Å². The van der Waals surface area contributed by atoms with Crippen molar-refractivity contribution in [2.75, 3.05) is 7.11 Å². The minimum absolute atomic E-state index is 0.0535. The first kappa shape index (κ1) is 23.8. The van der Waals surface area contributed by atoms with E-state index in [0.29, 0.717) is 20.6 Å². The number of benzene rings is 2. The van der Waals surface area contributed by atoms with Crippen molar-refractivity contribution < 1.29 is 23.5 Å². The molecule has 160 valence electrons. The maximum absolute atomic E-state index is 13.5. The Kier molecular flexibility index (Phi) is 8.80. The van der Waals surface area contributed by atoms with E-state index >= 15 is 0 Å². The Balaban J connectivity index is 2.22. The predicted molar refractivity (Wildman–Crippen MR) is 115 cm³/mol. The Morgan fingerprint density at radius 2 is 1.83 bits per heavy atom. The summed E-state index contributed by atoms with van der Waals surface area (Å²) in [6.07, 6.45) is 0.171. The van der Waals surface area contributed by atoms with E-state index in [4.69, 9.17) is 16.3 Å². The SMILES string of the molecule is COC(=O)[C@@H](Cc1cc(Cl)ccc1Br)NC(=O)[C@@H](Cc1cccc(F)c1)NC(C)=O.